The fourth-order valence-electron chi connectivity index (χ4n) is 2.98. The van der Waals surface area contributed by atoms with E-state index in [1.165, 1.54) is 0 Å². The lowest BCUT2D eigenvalue weighted by Crippen LogP contribution is -2.47. The summed E-state index contributed by atoms with van der Waals surface area (Å²) in [6.07, 6.45) is 0.653. The van der Waals surface area contributed by atoms with Crippen molar-refractivity contribution in [2.75, 3.05) is 33.4 Å². The molecule has 30 heavy (non-hydrogen) atoms. The zero-order chi connectivity index (χ0) is 22.0. The Kier molecular flexibility index (Phi) is 9.39. The van der Waals surface area contributed by atoms with Crippen LogP contribution in [0.2, 0.25) is 0 Å². The predicted octanol–water partition coefficient (Wildman–Crippen LogP) is 2.61. The van der Waals surface area contributed by atoms with Crippen LogP contribution in [0.15, 0.2) is 35.3 Å². The molecule has 1 fully saturated rings. The molecule has 8 nitrogen and oxygen atoms in total. The molecule has 168 valence electrons. The lowest BCUT2D eigenvalue weighted by atomic mass is 10.1. The molecule has 3 N–H and O–H groups in total. The standard InChI is InChI=1S/C22H36N4O4/c1-16(14-29-18-11-12-28-15-18)25-20(23-5)24-13-19(17-9-7-6-8-10-17)26-21(27)30-22(2,3)4/h6-10,16,18-19H,11-15H2,1-5H3,(H,26,27)(H2,23,24,25). The summed E-state index contributed by atoms with van der Waals surface area (Å²) in [6, 6.07) is 9.57. The monoisotopic (exact) mass is 420 g/mol. The molecule has 3 atom stereocenters. The smallest absolute Gasteiger partial charge is 0.408 e. The SMILES string of the molecule is CN=C(NCC(NC(=O)OC(C)(C)C)c1ccccc1)NC(C)COC1CCOC1. The Morgan fingerprint density at radius 2 is 2.00 bits per heavy atom. The summed E-state index contributed by atoms with van der Waals surface area (Å²) in [5.74, 6) is 0.640. The number of guanidine groups is 1. The van der Waals surface area contributed by atoms with Crippen molar-refractivity contribution in [1.82, 2.24) is 16.0 Å². The Morgan fingerprint density at radius 1 is 1.27 bits per heavy atom. The minimum absolute atomic E-state index is 0.0748. The molecule has 0 saturated carbocycles. The maximum absolute atomic E-state index is 12.3. The third-order valence-electron chi connectivity index (χ3n) is 4.44. The van der Waals surface area contributed by atoms with Crippen LogP contribution in [-0.4, -0.2) is 63.2 Å². The van der Waals surface area contributed by atoms with Crippen LogP contribution in [0, 0.1) is 0 Å². The van der Waals surface area contributed by atoms with Crippen molar-refractivity contribution in [2.45, 2.75) is 57.9 Å². The van der Waals surface area contributed by atoms with Gasteiger partial charge in [0.25, 0.3) is 0 Å². The number of carbonyl (C=O) groups excluding carboxylic acids is 1. The van der Waals surface area contributed by atoms with Gasteiger partial charge in [-0.05, 0) is 39.7 Å². The molecule has 2 rings (SSSR count). The van der Waals surface area contributed by atoms with Crippen LogP contribution in [0.1, 0.15) is 45.7 Å². The van der Waals surface area contributed by atoms with E-state index in [0.717, 1.165) is 18.6 Å². The minimum atomic E-state index is -0.559. The average Bonchev–Trinajstić information content (AvgIpc) is 3.21. The van der Waals surface area contributed by atoms with Crippen molar-refractivity contribution < 1.29 is 19.0 Å². The lowest BCUT2D eigenvalue weighted by molar-refractivity contribution is 0.0347. The molecule has 1 aromatic carbocycles. The number of amides is 1. The summed E-state index contributed by atoms with van der Waals surface area (Å²) in [5, 5.41) is 9.54. The number of nitrogens with one attached hydrogen (secondary N) is 3. The van der Waals surface area contributed by atoms with Gasteiger partial charge in [-0.15, -0.1) is 0 Å². The minimum Gasteiger partial charge on any atom is -0.444 e. The topological polar surface area (TPSA) is 93.2 Å². The number of ether oxygens (including phenoxy) is 3. The van der Waals surface area contributed by atoms with E-state index < -0.39 is 11.7 Å². The fourth-order valence-corrected chi connectivity index (χ4v) is 2.98. The largest absolute Gasteiger partial charge is 0.444 e. The van der Waals surface area contributed by atoms with Crippen molar-refractivity contribution in [3.05, 3.63) is 35.9 Å². The molecule has 1 aromatic rings. The maximum atomic E-state index is 12.3. The highest BCUT2D eigenvalue weighted by Crippen LogP contribution is 2.14. The molecule has 0 radical (unpaired) electrons. The van der Waals surface area contributed by atoms with Gasteiger partial charge in [-0.25, -0.2) is 4.79 Å². The van der Waals surface area contributed by atoms with Crippen molar-refractivity contribution in [3.8, 4) is 0 Å². The Bertz CT molecular complexity index is 669. The predicted molar refractivity (Wildman–Crippen MR) is 118 cm³/mol. The van der Waals surface area contributed by atoms with Gasteiger partial charge in [-0.3, -0.25) is 4.99 Å². The maximum Gasteiger partial charge on any atom is 0.408 e. The fraction of sp³-hybridized carbons (Fsp3) is 0.636. The summed E-state index contributed by atoms with van der Waals surface area (Å²) < 4.78 is 16.6. The van der Waals surface area contributed by atoms with Gasteiger partial charge in [0.2, 0.25) is 0 Å². The molecule has 1 amide bonds. The molecule has 1 heterocycles. The van der Waals surface area contributed by atoms with E-state index in [2.05, 4.69) is 20.9 Å². The molecule has 1 saturated heterocycles. The summed E-state index contributed by atoms with van der Waals surface area (Å²) in [4.78, 5) is 16.6. The Hall–Kier alpha value is -2.32. The van der Waals surface area contributed by atoms with E-state index in [9.17, 15) is 4.79 Å². The molecule has 8 heteroatoms. The van der Waals surface area contributed by atoms with Crippen LogP contribution < -0.4 is 16.0 Å². The average molecular weight is 421 g/mol. The van der Waals surface area contributed by atoms with Gasteiger partial charge in [-0.1, -0.05) is 30.3 Å². The molecule has 1 aliphatic rings. The van der Waals surface area contributed by atoms with E-state index in [0.29, 0.717) is 25.7 Å². The number of aliphatic imine (C=N–C) groups is 1. The van der Waals surface area contributed by atoms with Gasteiger partial charge in [-0.2, -0.15) is 0 Å². The normalized spacial score (nSPS) is 19.1. The van der Waals surface area contributed by atoms with Gasteiger partial charge >= 0.3 is 6.09 Å². The number of rotatable bonds is 8. The first-order valence-corrected chi connectivity index (χ1v) is 10.5. The van der Waals surface area contributed by atoms with Crippen molar-refractivity contribution in [2.24, 2.45) is 4.99 Å². The molecule has 0 spiro atoms. The van der Waals surface area contributed by atoms with Crippen LogP contribution in [0.3, 0.4) is 0 Å². The van der Waals surface area contributed by atoms with Crippen LogP contribution in [0.4, 0.5) is 4.79 Å². The number of benzene rings is 1. The van der Waals surface area contributed by atoms with Crippen molar-refractivity contribution >= 4 is 12.1 Å². The van der Waals surface area contributed by atoms with Crippen LogP contribution in [0.5, 0.6) is 0 Å². The van der Waals surface area contributed by atoms with Gasteiger partial charge < -0.3 is 30.2 Å². The van der Waals surface area contributed by atoms with Gasteiger partial charge in [0, 0.05) is 26.2 Å². The van der Waals surface area contributed by atoms with Gasteiger partial charge in [0.05, 0.1) is 25.4 Å². The van der Waals surface area contributed by atoms with E-state index in [1.807, 2.05) is 58.0 Å². The quantitative estimate of drug-likeness (QED) is 0.442. The molecular formula is C22H36N4O4. The second-order valence-electron chi connectivity index (χ2n) is 8.43. The first-order chi connectivity index (χ1) is 14.3. The molecule has 3 unspecified atom stereocenters. The van der Waals surface area contributed by atoms with Crippen molar-refractivity contribution in [3.63, 3.8) is 0 Å². The van der Waals surface area contributed by atoms with Crippen LogP contribution in [-0.2, 0) is 14.2 Å². The summed E-state index contributed by atoms with van der Waals surface area (Å²) in [6.45, 7) is 10.0. The summed E-state index contributed by atoms with van der Waals surface area (Å²) in [5.41, 5.74) is 0.416. The Labute approximate surface area is 179 Å². The number of nitrogens with zero attached hydrogens (tertiary/aromatic N) is 1. The second kappa shape index (κ2) is 11.8. The third kappa shape index (κ3) is 9.00. The Balaban J connectivity index is 1.89. The van der Waals surface area contributed by atoms with E-state index >= 15 is 0 Å². The number of carbonyl (C=O) groups is 1. The lowest BCUT2D eigenvalue weighted by Gasteiger charge is -2.25. The highest BCUT2D eigenvalue weighted by Gasteiger charge is 2.21. The van der Waals surface area contributed by atoms with Crippen LogP contribution >= 0.6 is 0 Å². The van der Waals surface area contributed by atoms with E-state index in [4.69, 9.17) is 14.2 Å². The van der Waals surface area contributed by atoms with Gasteiger partial charge in [0.1, 0.15) is 5.60 Å². The molecule has 0 aromatic heterocycles. The number of alkyl carbamates (subject to hydrolysis) is 1. The third-order valence-corrected chi connectivity index (χ3v) is 4.44. The molecule has 0 bridgehead atoms. The molecule has 0 aliphatic carbocycles. The highest BCUT2D eigenvalue weighted by atomic mass is 16.6. The molecule has 1 aliphatic heterocycles. The van der Waals surface area contributed by atoms with Crippen LogP contribution in [0.25, 0.3) is 0 Å². The van der Waals surface area contributed by atoms with E-state index in [-0.39, 0.29) is 18.2 Å². The van der Waals surface area contributed by atoms with E-state index in [1.54, 1.807) is 7.05 Å². The zero-order valence-corrected chi connectivity index (χ0v) is 18.7. The second-order valence-corrected chi connectivity index (χ2v) is 8.43. The number of hydrogen-bond donors (Lipinski definition) is 3. The first kappa shape index (κ1) is 24.0. The number of hydrogen-bond acceptors (Lipinski definition) is 5. The summed E-state index contributed by atoms with van der Waals surface area (Å²) >= 11 is 0. The van der Waals surface area contributed by atoms with Gasteiger partial charge in [0.15, 0.2) is 5.96 Å². The Morgan fingerprint density at radius 3 is 2.60 bits per heavy atom. The summed E-state index contributed by atoms with van der Waals surface area (Å²) in [7, 11) is 1.71. The molecular weight excluding hydrogens is 384 g/mol. The zero-order valence-electron chi connectivity index (χ0n) is 18.7. The highest BCUT2D eigenvalue weighted by molar-refractivity contribution is 5.80. The first-order valence-electron chi connectivity index (χ1n) is 10.5. The van der Waals surface area contributed by atoms with Crippen molar-refractivity contribution in [1.29, 1.82) is 0 Å².